The van der Waals surface area contributed by atoms with Gasteiger partial charge in [0.25, 0.3) is 0 Å². The summed E-state index contributed by atoms with van der Waals surface area (Å²) in [5.41, 5.74) is 6.84. The Morgan fingerprint density at radius 1 is 1.19 bits per heavy atom. The number of nitrogens with zero attached hydrogens (tertiary/aromatic N) is 1. The number of fused-ring (bicyclic) bond motifs is 1. The maximum absolute atomic E-state index is 11.0. The van der Waals surface area contributed by atoms with E-state index in [0.29, 0.717) is 13.2 Å². The normalized spacial score (nSPS) is 13.9. The van der Waals surface area contributed by atoms with Gasteiger partial charge in [-0.3, -0.25) is 9.69 Å². The van der Waals surface area contributed by atoms with E-state index in [-0.39, 0.29) is 5.91 Å². The summed E-state index contributed by atoms with van der Waals surface area (Å²) >= 11 is 0. The van der Waals surface area contributed by atoms with Gasteiger partial charge in [0.15, 0.2) is 0 Å². The largest absolute Gasteiger partial charge is 0.494 e. The molecular formula is C23H30N2O2. The molecule has 2 aromatic carbocycles. The molecule has 0 aromatic heterocycles. The number of ether oxygens (including phenoxy) is 1. The van der Waals surface area contributed by atoms with Crippen molar-refractivity contribution >= 4 is 5.91 Å². The van der Waals surface area contributed by atoms with Crippen LogP contribution in [-0.2, 0) is 30.7 Å². The van der Waals surface area contributed by atoms with Gasteiger partial charge in [0.05, 0.1) is 6.61 Å². The Kier molecular flexibility index (Phi) is 6.51. The van der Waals surface area contributed by atoms with E-state index in [1.54, 1.807) is 6.92 Å². The van der Waals surface area contributed by atoms with Crippen LogP contribution in [0, 0.1) is 6.92 Å². The first-order valence-corrected chi connectivity index (χ1v) is 9.85. The van der Waals surface area contributed by atoms with E-state index >= 15 is 0 Å². The molecule has 0 aliphatic carbocycles. The van der Waals surface area contributed by atoms with Gasteiger partial charge in [0.2, 0.25) is 5.91 Å². The van der Waals surface area contributed by atoms with Crippen molar-refractivity contribution in [3.8, 4) is 5.75 Å². The number of amides is 1. The van der Waals surface area contributed by atoms with Crippen molar-refractivity contribution in [2.24, 2.45) is 0 Å². The van der Waals surface area contributed by atoms with Crippen molar-refractivity contribution in [2.45, 2.75) is 46.7 Å². The van der Waals surface area contributed by atoms with Crippen molar-refractivity contribution in [1.82, 2.24) is 10.2 Å². The smallest absolute Gasteiger partial charge is 0.216 e. The van der Waals surface area contributed by atoms with Crippen LogP contribution in [0.1, 0.15) is 41.7 Å². The summed E-state index contributed by atoms with van der Waals surface area (Å²) in [7, 11) is 0. The molecule has 3 rings (SSSR count). The van der Waals surface area contributed by atoms with Crippen LogP contribution in [0.2, 0.25) is 0 Å². The third kappa shape index (κ3) is 5.33. The SMILES string of the molecule is CCOc1ccc(CN2CCc3cc(CCNC(C)=O)ccc3C2)c(C)c1. The predicted molar refractivity (Wildman–Crippen MR) is 109 cm³/mol. The van der Waals surface area contributed by atoms with Gasteiger partial charge in [-0.2, -0.15) is 0 Å². The van der Waals surface area contributed by atoms with Gasteiger partial charge in [0.1, 0.15) is 5.75 Å². The Morgan fingerprint density at radius 2 is 2.04 bits per heavy atom. The molecule has 1 heterocycles. The minimum absolute atomic E-state index is 0.0354. The molecule has 4 heteroatoms. The van der Waals surface area contributed by atoms with E-state index in [4.69, 9.17) is 4.74 Å². The van der Waals surface area contributed by atoms with Crippen LogP contribution in [0.5, 0.6) is 5.75 Å². The minimum atomic E-state index is 0.0354. The molecule has 4 nitrogen and oxygen atoms in total. The van der Waals surface area contributed by atoms with E-state index in [1.165, 1.54) is 27.8 Å². The first-order chi connectivity index (χ1) is 13.0. The Balaban J connectivity index is 1.60. The lowest BCUT2D eigenvalue weighted by molar-refractivity contribution is -0.118. The lowest BCUT2D eigenvalue weighted by atomic mass is 9.95. The van der Waals surface area contributed by atoms with E-state index < -0.39 is 0 Å². The summed E-state index contributed by atoms with van der Waals surface area (Å²) in [6.07, 6.45) is 1.97. The summed E-state index contributed by atoms with van der Waals surface area (Å²) in [5.74, 6) is 0.989. The molecule has 0 radical (unpaired) electrons. The zero-order chi connectivity index (χ0) is 19.2. The van der Waals surface area contributed by atoms with Gasteiger partial charge in [-0.15, -0.1) is 0 Å². The van der Waals surface area contributed by atoms with Gasteiger partial charge >= 0.3 is 0 Å². The zero-order valence-corrected chi connectivity index (χ0v) is 16.7. The van der Waals surface area contributed by atoms with Crippen LogP contribution in [0.15, 0.2) is 36.4 Å². The number of rotatable bonds is 7. The predicted octanol–water partition coefficient (Wildman–Crippen LogP) is 3.63. The minimum Gasteiger partial charge on any atom is -0.494 e. The number of carbonyl (C=O) groups is 1. The van der Waals surface area contributed by atoms with Crippen molar-refractivity contribution in [2.75, 3.05) is 19.7 Å². The summed E-state index contributed by atoms with van der Waals surface area (Å²) < 4.78 is 5.59. The third-order valence-corrected chi connectivity index (χ3v) is 5.17. The van der Waals surface area contributed by atoms with Crippen LogP contribution in [-0.4, -0.2) is 30.5 Å². The molecule has 0 atom stereocenters. The molecule has 144 valence electrons. The maximum Gasteiger partial charge on any atom is 0.216 e. The van der Waals surface area contributed by atoms with E-state index in [2.05, 4.69) is 53.5 Å². The second-order valence-electron chi connectivity index (χ2n) is 7.32. The van der Waals surface area contributed by atoms with Gasteiger partial charge < -0.3 is 10.1 Å². The molecule has 1 amide bonds. The number of nitrogens with one attached hydrogen (secondary N) is 1. The van der Waals surface area contributed by atoms with Crippen molar-refractivity contribution in [3.63, 3.8) is 0 Å². The first kappa shape index (κ1) is 19.4. The Labute approximate surface area is 162 Å². The Morgan fingerprint density at radius 3 is 2.78 bits per heavy atom. The molecule has 0 spiro atoms. The molecule has 2 aromatic rings. The summed E-state index contributed by atoms with van der Waals surface area (Å²) in [6.45, 7) is 10.2. The standard InChI is InChI=1S/C23H30N2O2/c1-4-27-23-8-7-21(17(2)13-23)15-25-12-10-20-14-19(5-6-22(20)16-25)9-11-24-18(3)26/h5-8,13-14H,4,9-12,15-16H2,1-3H3,(H,24,26). The highest BCUT2D eigenvalue weighted by molar-refractivity contribution is 5.72. The molecule has 0 saturated carbocycles. The Bertz CT molecular complexity index is 801. The summed E-state index contributed by atoms with van der Waals surface area (Å²) in [5, 5.41) is 2.87. The Hall–Kier alpha value is -2.33. The molecule has 0 bridgehead atoms. The molecule has 0 unspecified atom stereocenters. The van der Waals surface area contributed by atoms with Crippen LogP contribution in [0.25, 0.3) is 0 Å². The van der Waals surface area contributed by atoms with Gasteiger partial charge in [-0.05, 0) is 66.6 Å². The van der Waals surface area contributed by atoms with Gasteiger partial charge in [-0.25, -0.2) is 0 Å². The van der Waals surface area contributed by atoms with Crippen LogP contribution in [0.3, 0.4) is 0 Å². The lowest BCUT2D eigenvalue weighted by Crippen LogP contribution is -2.30. The first-order valence-electron chi connectivity index (χ1n) is 9.85. The average molecular weight is 367 g/mol. The van der Waals surface area contributed by atoms with E-state index in [9.17, 15) is 4.79 Å². The van der Waals surface area contributed by atoms with E-state index in [0.717, 1.165) is 38.2 Å². The third-order valence-electron chi connectivity index (χ3n) is 5.17. The average Bonchev–Trinajstić information content (AvgIpc) is 2.64. The highest BCUT2D eigenvalue weighted by Gasteiger charge is 2.17. The van der Waals surface area contributed by atoms with Gasteiger partial charge in [0, 0.05) is 33.1 Å². The number of aryl methyl sites for hydroxylation is 1. The molecular weight excluding hydrogens is 336 g/mol. The molecule has 1 aliphatic rings. The van der Waals surface area contributed by atoms with Crippen LogP contribution >= 0.6 is 0 Å². The monoisotopic (exact) mass is 366 g/mol. The lowest BCUT2D eigenvalue weighted by Gasteiger charge is -2.29. The van der Waals surface area contributed by atoms with Crippen molar-refractivity contribution < 1.29 is 9.53 Å². The number of hydrogen-bond acceptors (Lipinski definition) is 3. The quantitative estimate of drug-likeness (QED) is 0.814. The number of benzene rings is 2. The van der Waals surface area contributed by atoms with Crippen LogP contribution < -0.4 is 10.1 Å². The summed E-state index contributed by atoms with van der Waals surface area (Å²) in [6, 6.07) is 13.2. The maximum atomic E-state index is 11.0. The molecule has 1 N–H and O–H groups in total. The molecule has 1 aliphatic heterocycles. The summed E-state index contributed by atoms with van der Waals surface area (Å²) in [4.78, 5) is 13.5. The second kappa shape index (κ2) is 9.05. The molecule has 0 fully saturated rings. The fourth-order valence-corrected chi connectivity index (χ4v) is 3.68. The van der Waals surface area contributed by atoms with E-state index in [1.807, 2.05) is 6.92 Å². The van der Waals surface area contributed by atoms with Crippen LogP contribution in [0.4, 0.5) is 0 Å². The molecule has 0 saturated heterocycles. The highest BCUT2D eigenvalue weighted by Crippen LogP contribution is 2.24. The topological polar surface area (TPSA) is 41.6 Å². The second-order valence-corrected chi connectivity index (χ2v) is 7.32. The van der Waals surface area contributed by atoms with Crippen molar-refractivity contribution in [1.29, 1.82) is 0 Å². The number of carbonyl (C=O) groups excluding carboxylic acids is 1. The van der Waals surface area contributed by atoms with Gasteiger partial charge in [-0.1, -0.05) is 24.3 Å². The highest BCUT2D eigenvalue weighted by atomic mass is 16.5. The molecule has 27 heavy (non-hydrogen) atoms. The number of hydrogen-bond donors (Lipinski definition) is 1. The fourth-order valence-electron chi connectivity index (χ4n) is 3.68. The van der Waals surface area contributed by atoms with Crippen molar-refractivity contribution in [3.05, 3.63) is 64.2 Å². The fraction of sp³-hybridized carbons (Fsp3) is 0.435. The zero-order valence-electron chi connectivity index (χ0n) is 16.7.